The second-order valence-electron chi connectivity index (χ2n) is 5.45. The molecular weight excluding hydrogens is 268 g/mol. The lowest BCUT2D eigenvalue weighted by Gasteiger charge is -2.20. The second-order valence-corrected chi connectivity index (χ2v) is 5.45. The molecule has 2 aromatic carbocycles. The summed E-state index contributed by atoms with van der Waals surface area (Å²) in [7, 11) is 0. The molecule has 0 aliphatic rings. The van der Waals surface area contributed by atoms with E-state index in [1.54, 1.807) is 0 Å². The standard InChI is InChI=1S/C18H21F2N/c1-4-21-17(18-15(19)6-5-7-16(18)20)11-14-9-12(2)8-13(3)10-14/h5-10,17,21H,4,11H2,1-3H3. The highest BCUT2D eigenvalue weighted by atomic mass is 19.1. The number of likely N-dealkylation sites (N-methyl/N-ethyl adjacent to an activating group) is 1. The molecule has 3 heteroatoms. The molecule has 0 aliphatic heterocycles. The van der Waals surface area contributed by atoms with Crippen LogP contribution in [0.2, 0.25) is 0 Å². The maximum absolute atomic E-state index is 14.0. The van der Waals surface area contributed by atoms with Crippen molar-refractivity contribution in [2.75, 3.05) is 6.54 Å². The Kier molecular flexibility index (Phi) is 5.07. The molecule has 0 amide bonds. The number of hydrogen-bond acceptors (Lipinski definition) is 1. The van der Waals surface area contributed by atoms with Crippen molar-refractivity contribution in [3.63, 3.8) is 0 Å². The van der Waals surface area contributed by atoms with Crippen LogP contribution < -0.4 is 5.32 Å². The molecule has 0 radical (unpaired) electrons. The lowest BCUT2D eigenvalue weighted by molar-refractivity contribution is 0.473. The molecule has 1 nitrogen and oxygen atoms in total. The minimum absolute atomic E-state index is 0.124. The number of benzene rings is 2. The Morgan fingerprint density at radius 3 is 2.10 bits per heavy atom. The van der Waals surface area contributed by atoms with Crippen molar-refractivity contribution in [2.24, 2.45) is 0 Å². The zero-order valence-corrected chi connectivity index (χ0v) is 12.7. The van der Waals surface area contributed by atoms with Crippen molar-refractivity contribution in [1.82, 2.24) is 5.32 Å². The van der Waals surface area contributed by atoms with Gasteiger partial charge < -0.3 is 5.32 Å². The normalized spacial score (nSPS) is 12.4. The summed E-state index contributed by atoms with van der Waals surface area (Å²) < 4.78 is 28.0. The van der Waals surface area contributed by atoms with E-state index < -0.39 is 11.6 Å². The predicted molar refractivity (Wildman–Crippen MR) is 82.4 cm³/mol. The quantitative estimate of drug-likeness (QED) is 0.856. The summed E-state index contributed by atoms with van der Waals surface area (Å²) in [6.07, 6.45) is 0.564. The first kappa shape index (κ1) is 15.6. The van der Waals surface area contributed by atoms with Crippen LogP contribution in [0.15, 0.2) is 36.4 Å². The summed E-state index contributed by atoms with van der Waals surface area (Å²) in [5, 5.41) is 3.19. The molecular formula is C18H21F2N. The summed E-state index contributed by atoms with van der Waals surface area (Å²) in [6.45, 7) is 6.65. The molecule has 1 N–H and O–H groups in total. The van der Waals surface area contributed by atoms with Crippen LogP contribution in [-0.4, -0.2) is 6.54 Å². The highest BCUT2D eigenvalue weighted by molar-refractivity contribution is 5.31. The summed E-state index contributed by atoms with van der Waals surface area (Å²) in [4.78, 5) is 0. The average molecular weight is 289 g/mol. The Morgan fingerprint density at radius 1 is 1.00 bits per heavy atom. The van der Waals surface area contributed by atoms with Crippen LogP contribution >= 0.6 is 0 Å². The van der Waals surface area contributed by atoms with Crippen LogP contribution in [0.3, 0.4) is 0 Å². The molecule has 0 heterocycles. The van der Waals surface area contributed by atoms with Gasteiger partial charge in [0.25, 0.3) is 0 Å². The van der Waals surface area contributed by atoms with Crippen molar-refractivity contribution in [3.8, 4) is 0 Å². The van der Waals surface area contributed by atoms with E-state index >= 15 is 0 Å². The first-order valence-electron chi connectivity index (χ1n) is 7.25. The van der Waals surface area contributed by atoms with Gasteiger partial charge in [-0.1, -0.05) is 42.3 Å². The number of halogens is 2. The van der Waals surface area contributed by atoms with Gasteiger partial charge in [0.1, 0.15) is 11.6 Å². The lowest BCUT2D eigenvalue weighted by atomic mass is 9.95. The number of aryl methyl sites for hydroxylation is 2. The van der Waals surface area contributed by atoms with Crippen molar-refractivity contribution in [3.05, 3.63) is 70.3 Å². The molecule has 1 atom stereocenters. The van der Waals surface area contributed by atoms with Crippen LogP contribution in [0.1, 0.15) is 35.2 Å². The Balaban J connectivity index is 2.35. The van der Waals surface area contributed by atoms with Crippen molar-refractivity contribution < 1.29 is 8.78 Å². The molecule has 112 valence electrons. The third-order valence-electron chi connectivity index (χ3n) is 3.52. The molecule has 0 bridgehead atoms. The second kappa shape index (κ2) is 6.81. The predicted octanol–water partition coefficient (Wildman–Crippen LogP) is 4.47. The van der Waals surface area contributed by atoms with Gasteiger partial charge in [-0.25, -0.2) is 8.78 Å². The summed E-state index contributed by atoms with van der Waals surface area (Å²) in [6, 6.07) is 9.88. The minimum Gasteiger partial charge on any atom is -0.310 e. The number of rotatable bonds is 5. The fraction of sp³-hybridized carbons (Fsp3) is 0.333. The van der Waals surface area contributed by atoms with E-state index in [2.05, 4.69) is 23.5 Å². The van der Waals surface area contributed by atoms with E-state index in [1.807, 2.05) is 20.8 Å². The van der Waals surface area contributed by atoms with Gasteiger partial charge in [0.15, 0.2) is 0 Å². The largest absolute Gasteiger partial charge is 0.310 e. The molecule has 21 heavy (non-hydrogen) atoms. The molecule has 1 unspecified atom stereocenters. The van der Waals surface area contributed by atoms with Gasteiger partial charge in [-0.2, -0.15) is 0 Å². The monoisotopic (exact) mass is 289 g/mol. The Labute approximate surface area is 125 Å². The summed E-state index contributed by atoms with van der Waals surface area (Å²) in [5.74, 6) is -0.990. The maximum atomic E-state index is 14.0. The van der Waals surface area contributed by atoms with Crippen molar-refractivity contribution in [1.29, 1.82) is 0 Å². The minimum atomic E-state index is -0.495. The number of hydrogen-bond donors (Lipinski definition) is 1. The number of nitrogens with one attached hydrogen (secondary N) is 1. The molecule has 0 aliphatic carbocycles. The van der Waals surface area contributed by atoms with Crippen molar-refractivity contribution >= 4 is 0 Å². The Bertz CT molecular complexity index is 582. The molecule has 0 saturated heterocycles. The van der Waals surface area contributed by atoms with Gasteiger partial charge >= 0.3 is 0 Å². The van der Waals surface area contributed by atoms with Gasteiger partial charge in [0, 0.05) is 11.6 Å². The van der Waals surface area contributed by atoms with Crippen LogP contribution in [-0.2, 0) is 6.42 Å². The van der Waals surface area contributed by atoms with E-state index in [9.17, 15) is 8.78 Å². The SMILES string of the molecule is CCNC(Cc1cc(C)cc(C)c1)c1c(F)cccc1F. The summed E-state index contributed by atoms with van der Waals surface area (Å²) in [5.41, 5.74) is 3.53. The first-order valence-corrected chi connectivity index (χ1v) is 7.25. The van der Waals surface area contributed by atoms with Gasteiger partial charge in [0.05, 0.1) is 0 Å². The van der Waals surface area contributed by atoms with Crippen LogP contribution in [0, 0.1) is 25.5 Å². The highest BCUT2D eigenvalue weighted by Gasteiger charge is 2.19. The molecule has 0 saturated carbocycles. The third-order valence-corrected chi connectivity index (χ3v) is 3.52. The van der Waals surface area contributed by atoms with E-state index in [0.29, 0.717) is 13.0 Å². The molecule has 0 spiro atoms. The zero-order valence-electron chi connectivity index (χ0n) is 12.7. The Morgan fingerprint density at radius 2 is 1.57 bits per heavy atom. The fourth-order valence-electron chi connectivity index (χ4n) is 2.79. The molecule has 2 aromatic rings. The molecule has 0 aromatic heterocycles. The van der Waals surface area contributed by atoms with Gasteiger partial charge in [-0.3, -0.25) is 0 Å². The first-order chi connectivity index (χ1) is 10.0. The van der Waals surface area contributed by atoms with Crippen molar-refractivity contribution in [2.45, 2.75) is 33.2 Å². The molecule has 2 rings (SSSR count). The third kappa shape index (κ3) is 3.88. The van der Waals surface area contributed by atoms with Gasteiger partial charge in [-0.15, -0.1) is 0 Å². The van der Waals surface area contributed by atoms with E-state index in [0.717, 1.165) is 16.7 Å². The highest BCUT2D eigenvalue weighted by Crippen LogP contribution is 2.25. The van der Waals surface area contributed by atoms with Gasteiger partial charge in [-0.05, 0) is 44.5 Å². The lowest BCUT2D eigenvalue weighted by Crippen LogP contribution is -2.25. The fourth-order valence-corrected chi connectivity index (χ4v) is 2.79. The average Bonchev–Trinajstić information content (AvgIpc) is 2.37. The van der Waals surface area contributed by atoms with Gasteiger partial charge in [0.2, 0.25) is 0 Å². The van der Waals surface area contributed by atoms with Crippen LogP contribution in [0.25, 0.3) is 0 Å². The summed E-state index contributed by atoms with van der Waals surface area (Å²) >= 11 is 0. The smallest absolute Gasteiger partial charge is 0.130 e. The topological polar surface area (TPSA) is 12.0 Å². The van der Waals surface area contributed by atoms with Crippen LogP contribution in [0.4, 0.5) is 8.78 Å². The van der Waals surface area contributed by atoms with E-state index in [1.165, 1.54) is 18.2 Å². The molecule has 0 fully saturated rings. The Hall–Kier alpha value is -1.74. The zero-order chi connectivity index (χ0) is 15.4. The van der Waals surface area contributed by atoms with E-state index in [4.69, 9.17) is 0 Å². The maximum Gasteiger partial charge on any atom is 0.130 e. The van der Waals surface area contributed by atoms with Crippen LogP contribution in [0.5, 0.6) is 0 Å². The van der Waals surface area contributed by atoms with E-state index in [-0.39, 0.29) is 11.6 Å².